The van der Waals surface area contributed by atoms with Gasteiger partial charge in [0.1, 0.15) is 19.3 Å². The lowest BCUT2D eigenvalue weighted by Gasteiger charge is -2.22. The number of anilines is 1. The highest BCUT2D eigenvalue weighted by atomic mass is 16.1. The van der Waals surface area contributed by atoms with Crippen molar-refractivity contribution < 1.29 is 0 Å². The van der Waals surface area contributed by atoms with Crippen LogP contribution in [0.2, 0.25) is 0 Å². The number of H-pyrrole nitrogens is 1. The van der Waals surface area contributed by atoms with Crippen molar-refractivity contribution in [2.75, 3.05) is 5.32 Å². The fourth-order valence-electron chi connectivity index (χ4n) is 3.48. The van der Waals surface area contributed by atoms with Crippen LogP contribution in [0.5, 0.6) is 0 Å². The topological polar surface area (TPSA) is 75.1 Å². The van der Waals surface area contributed by atoms with Crippen molar-refractivity contribution in [1.82, 2.24) is 19.6 Å². The smallest absolute Gasteiger partial charge is 0.247 e. The summed E-state index contributed by atoms with van der Waals surface area (Å²) in [6, 6.07) is 5.42. The van der Waals surface area contributed by atoms with E-state index in [0.29, 0.717) is 23.6 Å². The first-order valence-corrected chi connectivity index (χ1v) is 8.76. The average molecular weight is 333 g/mol. The number of nitrogens with one attached hydrogen (secondary N) is 2. The molecule has 1 aliphatic rings. The Morgan fingerprint density at radius 3 is 2.88 bits per heavy atom. The molecule has 0 spiro atoms. The molecule has 3 heterocycles. The molecular formula is C18H20BN5O. The molecule has 1 saturated carbocycles. The Morgan fingerprint density at radius 1 is 1.28 bits per heavy atom. The normalized spacial score (nSPS) is 15.5. The molecule has 0 bridgehead atoms. The minimum absolute atomic E-state index is 0.102. The third-order valence-corrected chi connectivity index (χ3v) is 4.86. The molecule has 4 rings (SSSR count). The van der Waals surface area contributed by atoms with Gasteiger partial charge in [-0.05, 0) is 23.9 Å². The van der Waals surface area contributed by atoms with Crippen LogP contribution in [0.4, 0.5) is 5.82 Å². The molecule has 7 heteroatoms. The van der Waals surface area contributed by atoms with Crippen LogP contribution in [0.1, 0.15) is 49.3 Å². The molecule has 0 saturated heterocycles. The standard InChI is InChI=1S/C18H20BN5O/c19-14-11-22-24-16(20-9-12-6-7-17(25)21-10-12)8-15(23-18(14)24)13-4-2-1-3-5-13/h6-8,10-11,13,20H,1-5,9H2,(H,21,25). The summed E-state index contributed by atoms with van der Waals surface area (Å²) in [6.45, 7) is 0.583. The zero-order valence-electron chi connectivity index (χ0n) is 14.0. The molecular weight excluding hydrogens is 313 g/mol. The summed E-state index contributed by atoms with van der Waals surface area (Å²) in [4.78, 5) is 18.6. The highest BCUT2D eigenvalue weighted by Crippen LogP contribution is 2.32. The van der Waals surface area contributed by atoms with E-state index in [-0.39, 0.29) is 5.56 Å². The van der Waals surface area contributed by atoms with Gasteiger partial charge < -0.3 is 10.3 Å². The van der Waals surface area contributed by atoms with E-state index in [1.54, 1.807) is 16.9 Å². The van der Waals surface area contributed by atoms with Crippen LogP contribution >= 0.6 is 0 Å². The Morgan fingerprint density at radius 2 is 2.12 bits per heavy atom. The zero-order valence-corrected chi connectivity index (χ0v) is 14.0. The SMILES string of the molecule is [B]c1cnn2c(NCc3ccc(=O)[nH]c3)cc(C3CCCCC3)nc12. The van der Waals surface area contributed by atoms with Gasteiger partial charge in [-0.3, -0.25) is 4.79 Å². The van der Waals surface area contributed by atoms with E-state index in [1.165, 1.54) is 38.2 Å². The van der Waals surface area contributed by atoms with E-state index in [2.05, 4.69) is 21.5 Å². The Kier molecular flexibility index (Phi) is 4.30. The largest absolute Gasteiger partial charge is 0.366 e. The fraction of sp³-hybridized carbons (Fsp3) is 0.389. The van der Waals surface area contributed by atoms with Crippen LogP contribution < -0.4 is 16.3 Å². The van der Waals surface area contributed by atoms with Gasteiger partial charge in [0, 0.05) is 42.7 Å². The Bertz CT molecular complexity index is 922. The van der Waals surface area contributed by atoms with E-state index in [0.717, 1.165) is 17.1 Å². The second-order valence-corrected chi connectivity index (χ2v) is 6.65. The highest BCUT2D eigenvalue weighted by molar-refractivity contribution is 6.36. The monoisotopic (exact) mass is 333 g/mol. The predicted molar refractivity (Wildman–Crippen MR) is 98.6 cm³/mol. The minimum atomic E-state index is -0.102. The first-order chi connectivity index (χ1) is 12.2. The van der Waals surface area contributed by atoms with Gasteiger partial charge in [-0.25, -0.2) is 4.98 Å². The number of pyridine rings is 1. The summed E-state index contributed by atoms with van der Waals surface area (Å²) in [5.41, 5.74) is 3.26. The van der Waals surface area contributed by atoms with Crippen LogP contribution in [-0.2, 0) is 6.54 Å². The average Bonchev–Trinajstić information content (AvgIpc) is 3.03. The summed E-state index contributed by atoms with van der Waals surface area (Å²) in [6.07, 6.45) is 9.53. The molecule has 1 fully saturated rings. The molecule has 2 N–H and O–H groups in total. The molecule has 2 radical (unpaired) electrons. The van der Waals surface area contributed by atoms with Gasteiger partial charge in [-0.1, -0.05) is 25.3 Å². The number of hydrogen-bond donors (Lipinski definition) is 2. The summed E-state index contributed by atoms with van der Waals surface area (Å²) in [7, 11) is 6.05. The Labute approximate surface area is 147 Å². The van der Waals surface area contributed by atoms with E-state index >= 15 is 0 Å². The number of fused-ring (bicyclic) bond motifs is 1. The first kappa shape index (κ1) is 15.9. The molecule has 3 aromatic heterocycles. The molecule has 0 atom stereocenters. The van der Waals surface area contributed by atoms with Gasteiger partial charge >= 0.3 is 0 Å². The van der Waals surface area contributed by atoms with Crippen LogP contribution in [-0.4, -0.2) is 27.4 Å². The van der Waals surface area contributed by atoms with E-state index in [9.17, 15) is 4.79 Å². The Hall–Kier alpha value is -2.57. The molecule has 25 heavy (non-hydrogen) atoms. The second kappa shape index (κ2) is 6.74. The number of nitrogens with zero attached hydrogens (tertiary/aromatic N) is 3. The van der Waals surface area contributed by atoms with Crippen LogP contribution in [0.15, 0.2) is 35.4 Å². The quantitative estimate of drug-likeness (QED) is 0.715. The van der Waals surface area contributed by atoms with Gasteiger partial charge in [-0.15, -0.1) is 0 Å². The van der Waals surface area contributed by atoms with Crippen molar-refractivity contribution in [2.45, 2.75) is 44.6 Å². The predicted octanol–water partition coefficient (Wildman–Crippen LogP) is 1.87. The number of hydrogen-bond acceptors (Lipinski definition) is 4. The number of aromatic amines is 1. The maximum atomic E-state index is 11.2. The van der Waals surface area contributed by atoms with Gasteiger partial charge in [0.2, 0.25) is 5.56 Å². The lowest BCUT2D eigenvalue weighted by atomic mass is 9.86. The van der Waals surface area contributed by atoms with Gasteiger partial charge in [0.25, 0.3) is 0 Å². The van der Waals surface area contributed by atoms with Crippen molar-refractivity contribution in [2.24, 2.45) is 0 Å². The van der Waals surface area contributed by atoms with Crippen LogP contribution in [0.25, 0.3) is 5.65 Å². The maximum Gasteiger partial charge on any atom is 0.247 e. The minimum Gasteiger partial charge on any atom is -0.366 e. The molecule has 1 aliphatic carbocycles. The lowest BCUT2D eigenvalue weighted by Crippen LogP contribution is -2.14. The summed E-state index contributed by atoms with van der Waals surface area (Å²) in [5, 5.41) is 7.74. The van der Waals surface area contributed by atoms with Gasteiger partial charge in [-0.2, -0.15) is 9.61 Å². The third kappa shape index (κ3) is 3.31. The molecule has 126 valence electrons. The first-order valence-electron chi connectivity index (χ1n) is 8.76. The van der Waals surface area contributed by atoms with Crippen molar-refractivity contribution in [3.63, 3.8) is 0 Å². The van der Waals surface area contributed by atoms with E-state index in [4.69, 9.17) is 12.8 Å². The summed E-state index contributed by atoms with van der Waals surface area (Å²) >= 11 is 0. The van der Waals surface area contributed by atoms with E-state index < -0.39 is 0 Å². The lowest BCUT2D eigenvalue weighted by molar-refractivity contribution is 0.437. The Balaban J connectivity index is 1.66. The maximum absolute atomic E-state index is 11.2. The van der Waals surface area contributed by atoms with Gasteiger partial charge in [0.15, 0.2) is 0 Å². The molecule has 3 aromatic rings. The van der Waals surface area contributed by atoms with Crippen molar-refractivity contribution >= 4 is 24.8 Å². The molecule has 0 aliphatic heterocycles. The number of rotatable bonds is 4. The fourth-order valence-corrected chi connectivity index (χ4v) is 3.48. The van der Waals surface area contributed by atoms with Crippen molar-refractivity contribution in [3.05, 3.63) is 52.2 Å². The highest BCUT2D eigenvalue weighted by Gasteiger charge is 2.19. The van der Waals surface area contributed by atoms with Crippen LogP contribution in [0.3, 0.4) is 0 Å². The molecule has 6 nitrogen and oxygen atoms in total. The zero-order chi connectivity index (χ0) is 17.2. The summed E-state index contributed by atoms with van der Waals surface area (Å²) in [5.74, 6) is 1.36. The molecule has 0 aromatic carbocycles. The third-order valence-electron chi connectivity index (χ3n) is 4.86. The summed E-state index contributed by atoms with van der Waals surface area (Å²) < 4.78 is 1.74. The van der Waals surface area contributed by atoms with Crippen LogP contribution in [0, 0.1) is 0 Å². The van der Waals surface area contributed by atoms with Crippen molar-refractivity contribution in [3.8, 4) is 0 Å². The van der Waals surface area contributed by atoms with Gasteiger partial charge in [0.05, 0.1) is 0 Å². The molecule has 0 amide bonds. The second-order valence-electron chi connectivity index (χ2n) is 6.65. The van der Waals surface area contributed by atoms with E-state index in [1.807, 2.05) is 6.07 Å². The number of aromatic nitrogens is 4. The van der Waals surface area contributed by atoms with Crippen molar-refractivity contribution in [1.29, 1.82) is 0 Å². The molecule has 0 unspecified atom stereocenters.